The van der Waals surface area contributed by atoms with Crippen molar-refractivity contribution in [2.45, 2.75) is 13.8 Å². The SMILES string of the molecule is CCN(CC)CCNC(=NC)NCCOc1ccccc1. The molecule has 0 aromatic heterocycles. The molecule has 1 aromatic carbocycles. The molecule has 0 unspecified atom stereocenters. The van der Waals surface area contributed by atoms with Gasteiger partial charge in [-0.15, -0.1) is 0 Å². The third-order valence-electron chi connectivity index (χ3n) is 3.24. The van der Waals surface area contributed by atoms with Crippen molar-refractivity contribution in [3.63, 3.8) is 0 Å². The van der Waals surface area contributed by atoms with Gasteiger partial charge in [-0.05, 0) is 25.2 Å². The molecule has 0 amide bonds. The molecule has 5 heteroatoms. The van der Waals surface area contributed by atoms with Gasteiger partial charge >= 0.3 is 0 Å². The Morgan fingerprint density at radius 3 is 2.38 bits per heavy atom. The minimum atomic E-state index is 0.612. The first-order valence-electron chi connectivity index (χ1n) is 7.64. The summed E-state index contributed by atoms with van der Waals surface area (Å²) in [4.78, 5) is 6.58. The molecule has 0 spiro atoms. The summed E-state index contributed by atoms with van der Waals surface area (Å²) in [6.45, 7) is 9.76. The normalized spacial score (nSPS) is 11.5. The molecule has 0 heterocycles. The van der Waals surface area contributed by atoms with Crippen molar-refractivity contribution in [2.75, 3.05) is 46.4 Å². The van der Waals surface area contributed by atoms with E-state index in [1.165, 1.54) is 0 Å². The third kappa shape index (κ3) is 7.56. The van der Waals surface area contributed by atoms with E-state index in [1.807, 2.05) is 30.3 Å². The van der Waals surface area contributed by atoms with Crippen molar-refractivity contribution >= 4 is 5.96 Å². The lowest BCUT2D eigenvalue weighted by Gasteiger charge is -2.19. The topological polar surface area (TPSA) is 48.9 Å². The largest absolute Gasteiger partial charge is 0.492 e. The number of para-hydroxylation sites is 1. The molecule has 0 fully saturated rings. The van der Waals surface area contributed by atoms with Crippen molar-refractivity contribution < 1.29 is 4.74 Å². The van der Waals surface area contributed by atoms with Crippen LogP contribution < -0.4 is 15.4 Å². The van der Waals surface area contributed by atoms with Crippen molar-refractivity contribution in [2.24, 2.45) is 4.99 Å². The summed E-state index contributed by atoms with van der Waals surface area (Å²) < 4.78 is 5.62. The van der Waals surface area contributed by atoms with Gasteiger partial charge in [0.05, 0.1) is 6.54 Å². The maximum Gasteiger partial charge on any atom is 0.191 e. The number of hydrogen-bond donors (Lipinski definition) is 2. The zero-order valence-corrected chi connectivity index (χ0v) is 13.4. The van der Waals surface area contributed by atoms with E-state index in [9.17, 15) is 0 Å². The quantitative estimate of drug-likeness (QED) is 0.412. The van der Waals surface area contributed by atoms with Gasteiger partial charge in [0.2, 0.25) is 0 Å². The Morgan fingerprint density at radius 2 is 1.76 bits per heavy atom. The third-order valence-corrected chi connectivity index (χ3v) is 3.24. The molecule has 1 aromatic rings. The fourth-order valence-corrected chi connectivity index (χ4v) is 1.95. The van der Waals surface area contributed by atoms with Crippen LogP contribution >= 0.6 is 0 Å². The molecule has 0 radical (unpaired) electrons. The number of nitrogens with one attached hydrogen (secondary N) is 2. The maximum absolute atomic E-state index is 5.62. The number of hydrogen-bond acceptors (Lipinski definition) is 3. The first-order valence-corrected chi connectivity index (χ1v) is 7.64. The van der Waals surface area contributed by atoms with Crippen LogP contribution in [0.2, 0.25) is 0 Å². The van der Waals surface area contributed by atoms with Crippen LogP contribution in [0.4, 0.5) is 0 Å². The fourth-order valence-electron chi connectivity index (χ4n) is 1.95. The second-order valence-corrected chi connectivity index (χ2v) is 4.61. The molecule has 118 valence electrons. The Morgan fingerprint density at radius 1 is 1.10 bits per heavy atom. The minimum absolute atomic E-state index is 0.612. The number of aliphatic imine (C=N–C) groups is 1. The summed E-state index contributed by atoms with van der Waals surface area (Å²) in [5, 5.41) is 6.55. The maximum atomic E-state index is 5.62. The number of likely N-dealkylation sites (N-methyl/N-ethyl adjacent to an activating group) is 1. The van der Waals surface area contributed by atoms with E-state index in [-0.39, 0.29) is 0 Å². The molecular weight excluding hydrogens is 264 g/mol. The first kappa shape index (κ1) is 17.3. The monoisotopic (exact) mass is 292 g/mol. The average Bonchev–Trinajstić information content (AvgIpc) is 2.54. The van der Waals surface area contributed by atoms with Crippen LogP contribution in [0.5, 0.6) is 5.75 Å². The van der Waals surface area contributed by atoms with E-state index in [0.717, 1.165) is 44.4 Å². The predicted molar refractivity (Wildman–Crippen MR) is 89.1 cm³/mol. The van der Waals surface area contributed by atoms with E-state index >= 15 is 0 Å². The Hall–Kier alpha value is -1.75. The van der Waals surface area contributed by atoms with Crippen LogP contribution in [0.25, 0.3) is 0 Å². The highest BCUT2D eigenvalue weighted by Gasteiger charge is 2.00. The lowest BCUT2D eigenvalue weighted by molar-refractivity contribution is 0.307. The predicted octanol–water partition coefficient (Wildman–Crippen LogP) is 1.57. The number of guanidine groups is 1. The Bertz CT molecular complexity index is 391. The van der Waals surface area contributed by atoms with E-state index in [0.29, 0.717) is 6.61 Å². The smallest absolute Gasteiger partial charge is 0.191 e. The molecule has 0 aliphatic heterocycles. The summed E-state index contributed by atoms with van der Waals surface area (Å²) in [5.74, 6) is 1.71. The summed E-state index contributed by atoms with van der Waals surface area (Å²) >= 11 is 0. The van der Waals surface area contributed by atoms with Gasteiger partial charge in [-0.25, -0.2) is 0 Å². The van der Waals surface area contributed by atoms with Crippen LogP contribution in [-0.4, -0.2) is 57.2 Å². The van der Waals surface area contributed by atoms with E-state index < -0.39 is 0 Å². The van der Waals surface area contributed by atoms with Gasteiger partial charge in [0, 0.05) is 20.1 Å². The lowest BCUT2D eigenvalue weighted by atomic mass is 10.3. The zero-order chi connectivity index (χ0) is 15.3. The van der Waals surface area contributed by atoms with Gasteiger partial charge in [-0.2, -0.15) is 0 Å². The summed E-state index contributed by atoms with van der Waals surface area (Å²) in [6.07, 6.45) is 0. The number of nitrogens with zero attached hydrogens (tertiary/aromatic N) is 2. The van der Waals surface area contributed by atoms with Gasteiger partial charge in [0.1, 0.15) is 12.4 Å². The molecule has 1 rings (SSSR count). The summed E-state index contributed by atoms with van der Waals surface area (Å²) in [5.41, 5.74) is 0. The Balaban J connectivity index is 2.14. The minimum Gasteiger partial charge on any atom is -0.492 e. The highest BCUT2D eigenvalue weighted by molar-refractivity contribution is 5.79. The number of rotatable bonds is 9. The highest BCUT2D eigenvalue weighted by Crippen LogP contribution is 2.07. The second kappa shape index (κ2) is 11.0. The Labute approximate surface area is 128 Å². The molecule has 2 N–H and O–H groups in total. The van der Waals surface area contributed by atoms with E-state index in [2.05, 4.69) is 34.4 Å². The van der Waals surface area contributed by atoms with Crippen molar-refractivity contribution in [1.29, 1.82) is 0 Å². The lowest BCUT2D eigenvalue weighted by Crippen LogP contribution is -2.42. The van der Waals surface area contributed by atoms with Gasteiger partial charge in [0.15, 0.2) is 5.96 Å². The second-order valence-electron chi connectivity index (χ2n) is 4.61. The van der Waals surface area contributed by atoms with Gasteiger partial charge in [0.25, 0.3) is 0 Å². The standard InChI is InChI=1S/C16H28N4O/c1-4-20(5-2)13-11-18-16(17-3)19-12-14-21-15-9-7-6-8-10-15/h6-10H,4-5,11-14H2,1-3H3,(H2,17,18,19). The molecule has 5 nitrogen and oxygen atoms in total. The molecule has 0 saturated carbocycles. The Kier molecular flexibility index (Phi) is 9.04. The first-order chi connectivity index (χ1) is 10.3. The molecule has 0 saturated heterocycles. The highest BCUT2D eigenvalue weighted by atomic mass is 16.5. The van der Waals surface area contributed by atoms with Crippen LogP contribution in [0, 0.1) is 0 Å². The van der Waals surface area contributed by atoms with Crippen molar-refractivity contribution in [3.05, 3.63) is 30.3 Å². The van der Waals surface area contributed by atoms with E-state index in [4.69, 9.17) is 4.74 Å². The molecular formula is C16H28N4O. The van der Waals surface area contributed by atoms with Crippen LogP contribution in [0.1, 0.15) is 13.8 Å². The van der Waals surface area contributed by atoms with E-state index in [1.54, 1.807) is 7.05 Å². The summed E-state index contributed by atoms with van der Waals surface area (Å²) in [6, 6.07) is 9.83. The van der Waals surface area contributed by atoms with Gasteiger partial charge in [-0.3, -0.25) is 4.99 Å². The van der Waals surface area contributed by atoms with Gasteiger partial charge < -0.3 is 20.3 Å². The fraction of sp³-hybridized carbons (Fsp3) is 0.562. The molecule has 0 bridgehead atoms. The van der Waals surface area contributed by atoms with Crippen LogP contribution in [-0.2, 0) is 0 Å². The number of benzene rings is 1. The average molecular weight is 292 g/mol. The van der Waals surface area contributed by atoms with Gasteiger partial charge in [-0.1, -0.05) is 32.0 Å². The summed E-state index contributed by atoms with van der Waals surface area (Å²) in [7, 11) is 1.78. The zero-order valence-electron chi connectivity index (χ0n) is 13.4. The molecule has 0 aliphatic carbocycles. The molecule has 21 heavy (non-hydrogen) atoms. The molecule has 0 aliphatic rings. The van der Waals surface area contributed by atoms with Crippen LogP contribution in [0.15, 0.2) is 35.3 Å². The van der Waals surface area contributed by atoms with Crippen molar-refractivity contribution in [1.82, 2.24) is 15.5 Å². The van der Waals surface area contributed by atoms with Crippen LogP contribution in [0.3, 0.4) is 0 Å². The molecule has 0 atom stereocenters. The van der Waals surface area contributed by atoms with Crippen molar-refractivity contribution in [3.8, 4) is 5.75 Å². The number of ether oxygens (including phenoxy) is 1.